The summed E-state index contributed by atoms with van der Waals surface area (Å²) in [5.41, 5.74) is 0.758. The molecule has 1 amide bonds. The smallest absolute Gasteiger partial charge is 0.243 e. The third-order valence-corrected chi connectivity index (χ3v) is 5.74. The number of fused-ring (bicyclic) bond motifs is 1. The Morgan fingerprint density at radius 1 is 1.04 bits per heavy atom. The number of hydrogen-bond donors (Lipinski definition) is 1. The monoisotopic (exact) mass is 400 g/mol. The number of anilines is 1. The Morgan fingerprint density at radius 2 is 1.68 bits per heavy atom. The Bertz CT molecular complexity index is 1110. The van der Waals surface area contributed by atoms with E-state index in [1.54, 1.807) is 0 Å². The Morgan fingerprint density at radius 3 is 2.39 bits per heavy atom. The standard InChI is InChI=1S/C21H21FN2O3S/c1-15(24(28(2,26)27)20-13-6-5-12-19(20)22)21(25)23-14-17-10-7-9-16-8-3-4-11-18(16)17/h3-13,15H,14H2,1-2H3,(H,23,25)/t15-/m1/s1. The molecule has 0 heterocycles. The molecule has 1 atom stereocenters. The largest absolute Gasteiger partial charge is 0.350 e. The van der Waals surface area contributed by atoms with E-state index in [0.29, 0.717) is 0 Å². The fourth-order valence-corrected chi connectivity index (χ4v) is 4.36. The number of nitrogens with zero attached hydrogens (tertiary/aromatic N) is 1. The summed E-state index contributed by atoms with van der Waals surface area (Å²) in [4.78, 5) is 12.7. The van der Waals surface area contributed by atoms with Gasteiger partial charge < -0.3 is 5.32 Å². The lowest BCUT2D eigenvalue weighted by Gasteiger charge is -2.28. The fourth-order valence-electron chi connectivity index (χ4n) is 3.19. The zero-order valence-corrected chi connectivity index (χ0v) is 16.4. The minimum atomic E-state index is -3.87. The van der Waals surface area contributed by atoms with Crippen LogP contribution in [-0.4, -0.2) is 26.6 Å². The topological polar surface area (TPSA) is 66.5 Å². The fraction of sp³-hybridized carbons (Fsp3) is 0.190. The summed E-state index contributed by atoms with van der Waals surface area (Å²) >= 11 is 0. The Kier molecular flexibility index (Phi) is 5.65. The van der Waals surface area contributed by atoms with Crippen molar-refractivity contribution in [1.29, 1.82) is 0 Å². The molecule has 5 nitrogen and oxygen atoms in total. The summed E-state index contributed by atoms with van der Waals surface area (Å²) in [6.07, 6.45) is 0.952. The Balaban J connectivity index is 1.83. The molecular weight excluding hydrogens is 379 g/mol. The van der Waals surface area contributed by atoms with Gasteiger partial charge in [-0.25, -0.2) is 12.8 Å². The molecule has 146 valence electrons. The number of carbonyl (C=O) groups excluding carboxylic acids is 1. The first-order valence-electron chi connectivity index (χ1n) is 8.77. The average molecular weight is 400 g/mol. The van der Waals surface area contributed by atoms with E-state index >= 15 is 0 Å². The Hall–Kier alpha value is -2.93. The molecule has 3 aromatic carbocycles. The predicted octanol–water partition coefficient (Wildman–Crippen LogP) is 3.45. The first-order valence-corrected chi connectivity index (χ1v) is 10.6. The number of carbonyl (C=O) groups is 1. The molecule has 3 rings (SSSR count). The van der Waals surface area contributed by atoms with Crippen molar-refractivity contribution in [2.45, 2.75) is 19.5 Å². The van der Waals surface area contributed by atoms with Crippen molar-refractivity contribution in [3.8, 4) is 0 Å². The normalized spacial score (nSPS) is 12.5. The first kappa shape index (κ1) is 19.8. The second-order valence-corrected chi connectivity index (χ2v) is 8.40. The second-order valence-electron chi connectivity index (χ2n) is 6.54. The van der Waals surface area contributed by atoms with E-state index in [9.17, 15) is 17.6 Å². The predicted molar refractivity (Wildman–Crippen MR) is 109 cm³/mol. The van der Waals surface area contributed by atoms with Crippen LogP contribution in [0.3, 0.4) is 0 Å². The van der Waals surface area contributed by atoms with Crippen molar-refractivity contribution in [3.63, 3.8) is 0 Å². The van der Waals surface area contributed by atoms with Crippen LogP contribution in [0.4, 0.5) is 10.1 Å². The second kappa shape index (κ2) is 7.98. The molecule has 0 unspecified atom stereocenters. The molecule has 0 fully saturated rings. The quantitative estimate of drug-likeness (QED) is 0.689. The van der Waals surface area contributed by atoms with Gasteiger partial charge in [-0.15, -0.1) is 0 Å². The highest BCUT2D eigenvalue weighted by atomic mass is 32.2. The molecule has 3 aromatic rings. The number of nitrogens with one attached hydrogen (secondary N) is 1. The zero-order chi connectivity index (χ0) is 20.3. The summed E-state index contributed by atoms with van der Waals surface area (Å²) in [5, 5.41) is 4.82. The first-order chi connectivity index (χ1) is 13.3. The van der Waals surface area contributed by atoms with E-state index in [4.69, 9.17) is 0 Å². The van der Waals surface area contributed by atoms with Gasteiger partial charge in [0, 0.05) is 6.54 Å². The van der Waals surface area contributed by atoms with Gasteiger partial charge in [0.15, 0.2) is 0 Å². The van der Waals surface area contributed by atoms with E-state index in [1.165, 1.54) is 25.1 Å². The van der Waals surface area contributed by atoms with Crippen LogP contribution >= 0.6 is 0 Å². The van der Waals surface area contributed by atoms with E-state index in [2.05, 4.69) is 5.32 Å². The minimum Gasteiger partial charge on any atom is -0.350 e. The molecule has 0 aliphatic carbocycles. The van der Waals surface area contributed by atoms with Gasteiger partial charge in [-0.05, 0) is 35.4 Å². The highest BCUT2D eigenvalue weighted by molar-refractivity contribution is 7.92. The lowest BCUT2D eigenvalue weighted by atomic mass is 10.0. The summed E-state index contributed by atoms with van der Waals surface area (Å²) in [7, 11) is -3.87. The number of rotatable bonds is 6. The highest BCUT2D eigenvalue weighted by Crippen LogP contribution is 2.24. The summed E-state index contributed by atoms with van der Waals surface area (Å²) in [6, 6.07) is 17.9. The van der Waals surface area contributed by atoms with Crippen molar-refractivity contribution in [1.82, 2.24) is 5.32 Å². The molecule has 0 aromatic heterocycles. The van der Waals surface area contributed by atoms with Gasteiger partial charge in [0.05, 0.1) is 11.9 Å². The van der Waals surface area contributed by atoms with E-state index in [1.807, 2.05) is 42.5 Å². The van der Waals surface area contributed by atoms with Gasteiger partial charge in [-0.3, -0.25) is 9.10 Å². The molecule has 0 saturated carbocycles. The van der Waals surface area contributed by atoms with Crippen LogP contribution in [0.5, 0.6) is 0 Å². The van der Waals surface area contributed by atoms with Crippen LogP contribution in [0.2, 0.25) is 0 Å². The molecule has 0 saturated heterocycles. The molecule has 0 aliphatic rings. The summed E-state index contributed by atoms with van der Waals surface area (Å²) in [6.45, 7) is 1.67. The molecule has 0 aliphatic heterocycles. The maximum absolute atomic E-state index is 14.2. The number of para-hydroxylation sites is 1. The lowest BCUT2D eigenvalue weighted by molar-refractivity contribution is -0.122. The third kappa shape index (κ3) is 4.14. The van der Waals surface area contributed by atoms with Gasteiger partial charge in [-0.2, -0.15) is 0 Å². The molecular formula is C21H21FN2O3S. The lowest BCUT2D eigenvalue weighted by Crippen LogP contribution is -2.48. The maximum Gasteiger partial charge on any atom is 0.243 e. The van der Waals surface area contributed by atoms with Crippen LogP contribution in [-0.2, 0) is 21.4 Å². The third-order valence-electron chi connectivity index (χ3n) is 4.51. The van der Waals surface area contributed by atoms with Crippen LogP contribution in [0, 0.1) is 5.82 Å². The number of hydrogen-bond acceptors (Lipinski definition) is 3. The number of halogens is 1. The van der Waals surface area contributed by atoms with Crippen LogP contribution in [0.1, 0.15) is 12.5 Å². The van der Waals surface area contributed by atoms with Gasteiger partial charge in [0.2, 0.25) is 15.9 Å². The van der Waals surface area contributed by atoms with Crippen molar-refractivity contribution in [2.24, 2.45) is 0 Å². The molecule has 7 heteroatoms. The van der Waals surface area contributed by atoms with E-state index in [0.717, 1.165) is 33.0 Å². The van der Waals surface area contributed by atoms with Gasteiger partial charge in [0.25, 0.3) is 0 Å². The van der Waals surface area contributed by atoms with Crippen LogP contribution in [0.15, 0.2) is 66.7 Å². The van der Waals surface area contributed by atoms with Crippen molar-refractivity contribution >= 4 is 32.4 Å². The van der Waals surface area contributed by atoms with Gasteiger partial charge in [-0.1, -0.05) is 54.6 Å². The Labute approximate surface area is 163 Å². The number of benzene rings is 3. The maximum atomic E-state index is 14.2. The zero-order valence-electron chi connectivity index (χ0n) is 15.6. The summed E-state index contributed by atoms with van der Waals surface area (Å²) < 4.78 is 39.5. The van der Waals surface area contributed by atoms with Crippen molar-refractivity contribution in [3.05, 3.63) is 78.1 Å². The van der Waals surface area contributed by atoms with Crippen molar-refractivity contribution < 1.29 is 17.6 Å². The molecule has 28 heavy (non-hydrogen) atoms. The highest BCUT2D eigenvalue weighted by Gasteiger charge is 2.30. The SMILES string of the molecule is C[C@H](C(=O)NCc1cccc2ccccc12)N(c1ccccc1F)S(C)(=O)=O. The molecule has 0 bridgehead atoms. The number of sulfonamides is 1. The minimum absolute atomic E-state index is 0.155. The van der Waals surface area contributed by atoms with E-state index in [-0.39, 0.29) is 12.2 Å². The molecule has 0 radical (unpaired) electrons. The van der Waals surface area contributed by atoms with E-state index < -0.39 is 27.8 Å². The summed E-state index contributed by atoms with van der Waals surface area (Å²) in [5.74, 6) is -1.22. The molecule has 1 N–H and O–H groups in total. The van der Waals surface area contributed by atoms with Gasteiger partial charge in [0.1, 0.15) is 11.9 Å². The average Bonchev–Trinajstić information content (AvgIpc) is 2.66. The van der Waals surface area contributed by atoms with Gasteiger partial charge >= 0.3 is 0 Å². The van der Waals surface area contributed by atoms with Crippen LogP contribution < -0.4 is 9.62 Å². The van der Waals surface area contributed by atoms with Crippen LogP contribution in [0.25, 0.3) is 10.8 Å². The number of amides is 1. The molecule has 0 spiro atoms. The van der Waals surface area contributed by atoms with Crippen molar-refractivity contribution in [2.75, 3.05) is 10.6 Å².